The lowest BCUT2D eigenvalue weighted by Crippen LogP contribution is -2.34. The van der Waals surface area contributed by atoms with Gasteiger partial charge < -0.3 is 10.0 Å². The fraction of sp³-hybridized carbons (Fsp3) is 0.571. The minimum Gasteiger partial charge on any atom is -0.392 e. The van der Waals surface area contributed by atoms with E-state index in [9.17, 15) is 12.8 Å². The van der Waals surface area contributed by atoms with Crippen LogP contribution in [0, 0.1) is 12.7 Å². The lowest BCUT2D eigenvalue weighted by molar-refractivity contribution is 0.275. The smallest absolute Gasteiger partial charge is 0.240 e. The van der Waals surface area contributed by atoms with Gasteiger partial charge in [0.25, 0.3) is 0 Å². The van der Waals surface area contributed by atoms with Crippen molar-refractivity contribution in [1.29, 1.82) is 0 Å². The minimum absolute atomic E-state index is 0.00882. The number of aliphatic hydroxyl groups is 1. The van der Waals surface area contributed by atoms with Gasteiger partial charge in [-0.15, -0.1) is 0 Å². The number of hydrogen-bond donors (Lipinski definition) is 2. The van der Waals surface area contributed by atoms with Gasteiger partial charge in [-0.3, -0.25) is 0 Å². The highest BCUT2D eigenvalue weighted by molar-refractivity contribution is 7.89. The van der Waals surface area contributed by atoms with E-state index in [0.717, 1.165) is 0 Å². The molecule has 21 heavy (non-hydrogen) atoms. The number of aliphatic hydroxyl groups excluding tert-OH is 1. The highest BCUT2D eigenvalue weighted by atomic mass is 32.2. The highest BCUT2D eigenvalue weighted by Crippen LogP contribution is 2.24. The van der Waals surface area contributed by atoms with Crippen molar-refractivity contribution in [3.8, 4) is 0 Å². The third-order valence-electron chi connectivity index (χ3n) is 3.71. The molecular formula is C14H21FN2O3S. The van der Waals surface area contributed by atoms with Crippen molar-refractivity contribution in [2.24, 2.45) is 0 Å². The molecule has 1 saturated carbocycles. The SMILES string of the molecule is Cc1cc(S(=O)(=O)NCCN(C)C2CC2)cc(CO)c1F. The molecule has 5 nitrogen and oxygen atoms in total. The number of likely N-dealkylation sites (N-methyl/N-ethyl adjacent to an activating group) is 1. The van der Waals surface area contributed by atoms with E-state index in [-0.39, 0.29) is 16.0 Å². The highest BCUT2D eigenvalue weighted by Gasteiger charge is 2.26. The van der Waals surface area contributed by atoms with E-state index in [1.165, 1.54) is 31.9 Å². The Bertz CT molecular complexity index is 615. The fourth-order valence-electron chi connectivity index (χ4n) is 2.21. The van der Waals surface area contributed by atoms with Gasteiger partial charge in [-0.1, -0.05) is 0 Å². The van der Waals surface area contributed by atoms with E-state index in [1.807, 2.05) is 7.05 Å². The van der Waals surface area contributed by atoms with Crippen molar-refractivity contribution in [3.63, 3.8) is 0 Å². The lowest BCUT2D eigenvalue weighted by Gasteiger charge is -2.16. The molecule has 2 rings (SSSR count). The Morgan fingerprint density at radius 2 is 2.10 bits per heavy atom. The molecule has 0 aromatic heterocycles. The summed E-state index contributed by atoms with van der Waals surface area (Å²) < 4.78 is 40.5. The fourth-order valence-corrected chi connectivity index (χ4v) is 3.37. The van der Waals surface area contributed by atoms with Gasteiger partial charge in [0.2, 0.25) is 10.0 Å². The van der Waals surface area contributed by atoms with Crippen LogP contribution in [0.3, 0.4) is 0 Å². The first-order chi connectivity index (χ1) is 9.85. The van der Waals surface area contributed by atoms with Gasteiger partial charge in [-0.25, -0.2) is 17.5 Å². The van der Waals surface area contributed by atoms with Crippen LogP contribution in [-0.4, -0.2) is 44.6 Å². The van der Waals surface area contributed by atoms with Crippen LogP contribution < -0.4 is 4.72 Å². The second-order valence-corrected chi connectivity index (χ2v) is 7.25. The summed E-state index contributed by atoms with van der Waals surface area (Å²) in [5.41, 5.74) is 0.197. The van der Waals surface area contributed by atoms with Crippen molar-refractivity contribution in [2.45, 2.75) is 37.3 Å². The van der Waals surface area contributed by atoms with Crippen molar-refractivity contribution in [2.75, 3.05) is 20.1 Å². The predicted molar refractivity (Wildman–Crippen MR) is 77.9 cm³/mol. The number of nitrogens with zero attached hydrogens (tertiary/aromatic N) is 1. The molecule has 0 unspecified atom stereocenters. The Kier molecular flexibility index (Phi) is 4.98. The van der Waals surface area contributed by atoms with Crippen LogP contribution in [0.25, 0.3) is 0 Å². The zero-order valence-electron chi connectivity index (χ0n) is 12.3. The van der Waals surface area contributed by atoms with Crippen molar-refractivity contribution < 1.29 is 17.9 Å². The van der Waals surface area contributed by atoms with E-state index in [0.29, 0.717) is 19.1 Å². The number of benzene rings is 1. The first kappa shape index (κ1) is 16.4. The van der Waals surface area contributed by atoms with E-state index in [1.54, 1.807) is 0 Å². The predicted octanol–water partition coefficient (Wildman–Crippen LogP) is 0.999. The van der Waals surface area contributed by atoms with E-state index >= 15 is 0 Å². The summed E-state index contributed by atoms with van der Waals surface area (Å²) in [5, 5.41) is 9.09. The standard InChI is InChI=1S/C14H21FN2O3S/c1-10-7-13(8-11(9-18)14(10)15)21(19,20)16-5-6-17(2)12-3-4-12/h7-8,12,16,18H,3-6,9H2,1-2H3. The molecule has 7 heteroatoms. The van der Waals surface area contributed by atoms with E-state index < -0.39 is 22.4 Å². The number of hydrogen-bond acceptors (Lipinski definition) is 4. The molecule has 118 valence electrons. The third kappa shape index (κ3) is 4.00. The second-order valence-electron chi connectivity index (χ2n) is 5.48. The average Bonchev–Trinajstić information content (AvgIpc) is 3.25. The zero-order chi connectivity index (χ0) is 15.6. The van der Waals surface area contributed by atoms with Crippen LogP contribution in [-0.2, 0) is 16.6 Å². The molecule has 1 aromatic carbocycles. The summed E-state index contributed by atoms with van der Waals surface area (Å²) in [4.78, 5) is 2.11. The largest absolute Gasteiger partial charge is 0.392 e. The summed E-state index contributed by atoms with van der Waals surface area (Å²) in [7, 11) is -1.72. The summed E-state index contributed by atoms with van der Waals surface area (Å²) in [6, 6.07) is 3.03. The van der Waals surface area contributed by atoms with Crippen molar-refractivity contribution >= 4 is 10.0 Å². The van der Waals surface area contributed by atoms with Crippen LogP contribution in [0.5, 0.6) is 0 Å². The number of nitrogens with one attached hydrogen (secondary N) is 1. The number of halogens is 1. The Morgan fingerprint density at radius 1 is 1.43 bits per heavy atom. The van der Waals surface area contributed by atoms with E-state index in [4.69, 9.17) is 5.11 Å². The van der Waals surface area contributed by atoms with Gasteiger partial charge in [0.15, 0.2) is 0 Å². The maximum Gasteiger partial charge on any atom is 0.240 e. The molecule has 1 aliphatic rings. The van der Waals surface area contributed by atoms with E-state index in [2.05, 4.69) is 9.62 Å². The van der Waals surface area contributed by atoms with Gasteiger partial charge in [0, 0.05) is 24.7 Å². The molecule has 0 saturated heterocycles. The van der Waals surface area contributed by atoms with Gasteiger partial charge in [-0.05, 0) is 44.5 Å². The minimum atomic E-state index is -3.69. The van der Waals surface area contributed by atoms with Crippen molar-refractivity contribution in [1.82, 2.24) is 9.62 Å². The van der Waals surface area contributed by atoms with Crippen LogP contribution in [0.4, 0.5) is 4.39 Å². The molecule has 0 aliphatic heterocycles. The Balaban J connectivity index is 2.06. The van der Waals surface area contributed by atoms with Gasteiger partial charge in [-0.2, -0.15) is 0 Å². The molecule has 0 heterocycles. The molecule has 0 bridgehead atoms. The first-order valence-electron chi connectivity index (χ1n) is 6.95. The second kappa shape index (κ2) is 6.39. The van der Waals surface area contributed by atoms with Crippen LogP contribution in [0.2, 0.25) is 0 Å². The monoisotopic (exact) mass is 316 g/mol. The van der Waals surface area contributed by atoms with Crippen LogP contribution in [0.15, 0.2) is 17.0 Å². The third-order valence-corrected chi connectivity index (χ3v) is 5.15. The molecular weight excluding hydrogens is 295 g/mol. The maximum absolute atomic E-state index is 13.6. The van der Waals surface area contributed by atoms with Gasteiger partial charge in [0.1, 0.15) is 5.82 Å². The molecule has 1 fully saturated rings. The normalized spacial score (nSPS) is 15.7. The van der Waals surface area contributed by atoms with Crippen LogP contribution in [0.1, 0.15) is 24.0 Å². The number of sulfonamides is 1. The lowest BCUT2D eigenvalue weighted by atomic mass is 10.1. The summed E-state index contributed by atoms with van der Waals surface area (Å²) in [6.45, 7) is 1.89. The molecule has 0 atom stereocenters. The summed E-state index contributed by atoms with van der Waals surface area (Å²) in [5.74, 6) is -0.565. The molecule has 0 radical (unpaired) electrons. The quantitative estimate of drug-likeness (QED) is 0.787. The zero-order valence-corrected chi connectivity index (χ0v) is 13.1. The number of aryl methyl sites for hydroxylation is 1. The maximum atomic E-state index is 13.6. The first-order valence-corrected chi connectivity index (χ1v) is 8.43. The Morgan fingerprint density at radius 3 is 2.67 bits per heavy atom. The molecule has 1 aliphatic carbocycles. The van der Waals surface area contributed by atoms with Gasteiger partial charge in [0.05, 0.1) is 11.5 Å². The summed E-state index contributed by atoms with van der Waals surface area (Å²) >= 11 is 0. The Hall–Kier alpha value is -1.02. The molecule has 1 aromatic rings. The molecule has 0 amide bonds. The average molecular weight is 316 g/mol. The Labute approximate surface area is 124 Å². The molecule has 0 spiro atoms. The van der Waals surface area contributed by atoms with Gasteiger partial charge >= 0.3 is 0 Å². The number of rotatable bonds is 7. The van der Waals surface area contributed by atoms with Crippen LogP contribution >= 0.6 is 0 Å². The topological polar surface area (TPSA) is 69.6 Å². The molecule has 2 N–H and O–H groups in total. The summed E-state index contributed by atoms with van der Waals surface area (Å²) in [6.07, 6.45) is 2.33. The van der Waals surface area contributed by atoms with Crippen molar-refractivity contribution in [3.05, 3.63) is 29.1 Å².